The topological polar surface area (TPSA) is 154 Å². The molecule has 0 aliphatic heterocycles. The van der Waals surface area contributed by atoms with Crippen LogP contribution in [0.5, 0.6) is 0 Å². The van der Waals surface area contributed by atoms with Gasteiger partial charge in [0.15, 0.2) is 0 Å². The van der Waals surface area contributed by atoms with Gasteiger partial charge in [-0.2, -0.15) is 15.0 Å². The minimum atomic E-state index is -3.58. The van der Waals surface area contributed by atoms with Gasteiger partial charge in [-0.25, -0.2) is 13.6 Å². The predicted molar refractivity (Wildman–Crippen MR) is 114 cm³/mol. The van der Waals surface area contributed by atoms with Crippen LogP contribution in [-0.2, 0) is 14.8 Å². The van der Waals surface area contributed by atoms with Crippen molar-refractivity contribution in [2.45, 2.75) is 4.90 Å². The van der Waals surface area contributed by atoms with E-state index in [0.29, 0.717) is 16.4 Å². The number of nitrogens with zero attached hydrogens (tertiary/aromatic N) is 3. The zero-order chi connectivity index (χ0) is 22.0. The maximum Gasteiger partial charge on any atom is 0.238 e. The van der Waals surface area contributed by atoms with E-state index in [1.165, 1.54) is 24.3 Å². The lowest BCUT2D eigenvalue weighted by Gasteiger charge is -2.06. The molecule has 13 heteroatoms. The first-order valence-corrected chi connectivity index (χ1v) is 10.1. The summed E-state index contributed by atoms with van der Waals surface area (Å²) in [5.74, 6) is 0.248. The first-order chi connectivity index (χ1) is 13.6. The molecule has 0 aliphatic carbocycles. The lowest BCUT2D eigenvalue weighted by Crippen LogP contribution is -2.11. The number of para-hydroxylation sites is 1. The zero-order valence-electron chi connectivity index (χ0n) is 14.6. The SMILES string of the molecule is C=O.Clc1nc(Cl)nc(Nc2ccccc2Cl)n1.Nc1ccc(S(N)(=O)=O)cc1. The smallest absolute Gasteiger partial charge is 0.238 e. The molecule has 29 heavy (non-hydrogen) atoms. The molecule has 3 aromatic rings. The van der Waals surface area contributed by atoms with Crippen molar-refractivity contribution in [3.63, 3.8) is 0 Å². The highest BCUT2D eigenvalue weighted by Gasteiger charge is 2.06. The standard InChI is InChI=1S/C9H5Cl3N4.C6H8N2O2S.CH2O/c10-5-3-1-2-4-6(5)13-9-15-7(11)14-8(12)16-9;7-5-1-3-6(4-2-5)11(8,9)10;1-2/h1-4H,(H,13,14,15,16);1-4H,7H2,(H2,8,9,10);1H2. The number of nitrogens with one attached hydrogen (secondary N) is 1. The van der Waals surface area contributed by atoms with Crippen LogP contribution in [0.25, 0.3) is 0 Å². The third-order valence-corrected chi connectivity index (χ3v) is 4.51. The molecule has 5 N–H and O–H groups in total. The molecular formula is C16H15Cl3N6O3S. The van der Waals surface area contributed by atoms with E-state index in [9.17, 15) is 8.42 Å². The number of carbonyl (C=O) groups excluding carboxylic acids is 1. The van der Waals surface area contributed by atoms with Crippen LogP contribution < -0.4 is 16.2 Å². The number of primary sulfonamides is 1. The monoisotopic (exact) mass is 476 g/mol. The van der Waals surface area contributed by atoms with Crippen molar-refractivity contribution in [3.8, 4) is 0 Å². The van der Waals surface area contributed by atoms with Gasteiger partial charge in [0.1, 0.15) is 6.79 Å². The van der Waals surface area contributed by atoms with Gasteiger partial charge in [-0.05, 0) is 59.6 Å². The lowest BCUT2D eigenvalue weighted by atomic mass is 10.3. The second kappa shape index (κ2) is 11.5. The molecule has 0 bridgehead atoms. The van der Waals surface area contributed by atoms with Crippen LogP contribution in [0.2, 0.25) is 15.6 Å². The highest BCUT2D eigenvalue weighted by molar-refractivity contribution is 7.89. The van der Waals surface area contributed by atoms with Crippen molar-refractivity contribution < 1.29 is 13.2 Å². The minimum absolute atomic E-state index is 0.0227. The summed E-state index contributed by atoms with van der Waals surface area (Å²) in [7, 11) is -3.58. The minimum Gasteiger partial charge on any atom is -0.399 e. The summed E-state index contributed by atoms with van der Waals surface area (Å²) < 4.78 is 21.4. The van der Waals surface area contributed by atoms with Crippen LogP contribution in [0, 0.1) is 0 Å². The van der Waals surface area contributed by atoms with Gasteiger partial charge in [-0.15, -0.1) is 0 Å². The molecule has 0 unspecified atom stereocenters. The van der Waals surface area contributed by atoms with Gasteiger partial charge in [-0.1, -0.05) is 23.7 Å². The van der Waals surface area contributed by atoms with E-state index in [4.69, 9.17) is 50.5 Å². The summed E-state index contributed by atoms with van der Waals surface area (Å²) in [4.78, 5) is 19.4. The first kappa shape index (κ1) is 24.5. The maximum absolute atomic E-state index is 10.7. The average Bonchev–Trinajstić information content (AvgIpc) is 2.65. The zero-order valence-corrected chi connectivity index (χ0v) is 17.7. The van der Waals surface area contributed by atoms with E-state index in [1.54, 1.807) is 12.1 Å². The Labute approximate surface area is 182 Å². The Morgan fingerprint density at radius 3 is 1.86 bits per heavy atom. The number of benzene rings is 2. The van der Waals surface area contributed by atoms with Crippen LogP contribution in [0.1, 0.15) is 0 Å². The van der Waals surface area contributed by atoms with E-state index < -0.39 is 10.0 Å². The molecule has 9 nitrogen and oxygen atoms in total. The number of halogens is 3. The Hall–Kier alpha value is -2.50. The summed E-state index contributed by atoms with van der Waals surface area (Å²) >= 11 is 17.2. The second-order valence-electron chi connectivity index (χ2n) is 4.92. The third kappa shape index (κ3) is 8.59. The fraction of sp³-hybridized carbons (Fsp3) is 0. The van der Waals surface area contributed by atoms with Crippen molar-refractivity contribution >= 4 is 68.9 Å². The summed E-state index contributed by atoms with van der Waals surface area (Å²) in [6.45, 7) is 2.00. The Morgan fingerprint density at radius 1 is 0.862 bits per heavy atom. The average molecular weight is 478 g/mol. The number of hydrogen-bond donors (Lipinski definition) is 3. The van der Waals surface area contributed by atoms with Crippen molar-refractivity contribution in [2.75, 3.05) is 11.1 Å². The van der Waals surface area contributed by atoms with Gasteiger partial charge in [-0.3, -0.25) is 0 Å². The van der Waals surface area contributed by atoms with Crippen molar-refractivity contribution in [1.29, 1.82) is 0 Å². The highest BCUT2D eigenvalue weighted by atomic mass is 35.5. The molecule has 0 saturated heterocycles. The van der Waals surface area contributed by atoms with E-state index >= 15 is 0 Å². The quantitative estimate of drug-likeness (QED) is 0.485. The van der Waals surface area contributed by atoms with Crippen LogP contribution in [0.15, 0.2) is 53.4 Å². The van der Waals surface area contributed by atoms with Crippen molar-refractivity contribution in [1.82, 2.24) is 15.0 Å². The van der Waals surface area contributed by atoms with E-state index in [0.717, 1.165) is 0 Å². The van der Waals surface area contributed by atoms with Gasteiger partial charge in [0.2, 0.25) is 26.5 Å². The number of sulfonamides is 1. The van der Waals surface area contributed by atoms with Gasteiger partial charge < -0.3 is 15.8 Å². The summed E-state index contributed by atoms with van der Waals surface area (Å²) in [5.41, 5.74) is 6.51. The molecule has 0 saturated carbocycles. The predicted octanol–water partition coefficient (Wildman–Crippen LogP) is 3.31. The second-order valence-corrected chi connectivity index (χ2v) is 7.56. The van der Waals surface area contributed by atoms with E-state index in [1.807, 2.05) is 18.9 Å². The van der Waals surface area contributed by atoms with Crippen LogP contribution >= 0.6 is 34.8 Å². The van der Waals surface area contributed by atoms with Gasteiger partial charge in [0.05, 0.1) is 15.6 Å². The molecule has 1 heterocycles. The summed E-state index contributed by atoms with van der Waals surface area (Å²) in [6.07, 6.45) is 0. The Morgan fingerprint density at radius 2 is 1.38 bits per heavy atom. The number of carbonyl (C=O) groups is 1. The lowest BCUT2D eigenvalue weighted by molar-refractivity contribution is -0.0979. The molecule has 154 valence electrons. The molecule has 0 fully saturated rings. The first-order valence-electron chi connectivity index (χ1n) is 7.41. The third-order valence-electron chi connectivity index (χ3n) is 2.91. The number of nitrogen functional groups attached to an aromatic ring is 1. The molecule has 0 aliphatic rings. The fourth-order valence-electron chi connectivity index (χ4n) is 1.72. The molecule has 0 spiro atoms. The molecule has 0 atom stereocenters. The van der Waals surface area contributed by atoms with E-state index in [2.05, 4.69) is 20.3 Å². The number of aromatic nitrogens is 3. The van der Waals surface area contributed by atoms with Crippen LogP contribution in [-0.4, -0.2) is 30.2 Å². The number of nitrogens with two attached hydrogens (primary N) is 2. The molecule has 0 radical (unpaired) electrons. The Balaban J connectivity index is 0.000000284. The highest BCUT2D eigenvalue weighted by Crippen LogP contribution is 2.23. The Kier molecular flexibility index (Phi) is 9.72. The largest absolute Gasteiger partial charge is 0.399 e. The summed E-state index contributed by atoms with van der Waals surface area (Å²) in [6, 6.07) is 12.9. The van der Waals surface area contributed by atoms with Crippen molar-refractivity contribution in [3.05, 3.63) is 64.1 Å². The normalized spacial score (nSPS) is 10.1. The molecule has 0 amide bonds. The number of rotatable bonds is 3. The molecule has 2 aromatic carbocycles. The molecule has 1 aromatic heterocycles. The number of anilines is 3. The van der Waals surface area contributed by atoms with Gasteiger partial charge >= 0.3 is 0 Å². The fourth-order valence-corrected chi connectivity index (χ4v) is 2.78. The molecular weight excluding hydrogens is 463 g/mol. The Bertz CT molecular complexity index is 1030. The van der Waals surface area contributed by atoms with E-state index in [-0.39, 0.29) is 21.4 Å². The van der Waals surface area contributed by atoms with Crippen LogP contribution in [0.4, 0.5) is 17.3 Å². The molecule has 3 rings (SSSR count). The van der Waals surface area contributed by atoms with Crippen molar-refractivity contribution in [2.24, 2.45) is 5.14 Å². The maximum atomic E-state index is 10.7. The van der Waals surface area contributed by atoms with Crippen LogP contribution in [0.3, 0.4) is 0 Å². The van der Waals surface area contributed by atoms with Gasteiger partial charge in [0.25, 0.3) is 0 Å². The number of hydrogen-bond acceptors (Lipinski definition) is 8. The van der Waals surface area contributed by atoms with Gasteiger partial charge in [0, 0.05) is 5.69 Å². The summed E-state index contributed by atoms with van der Waals surface area (Å²) in [5, 5.41) is 8.33.